The number of rotatable bonds is 16. The molecule has 0 saturated heterocycles. The van der Waals surface area contributed by atoms with Crippen LogP contribution in [0.5, 0.6) is 0 Å². The zero-order valence-electron chi connectivity index (χ0n) is 21.4. The number of esters is 1. The fourth-order valence-corrected chi connectivity index (χ4v) is 9.62. The quantitative estimate of drug-likeness (QED) is 0.0767. The van der Waals surface area contributed by atoms with Gasteiger partial charge in [0, 0.05) is 12.7 Å². The highest BCUT2D eigenvalue weighted by Gasteiger charge is 2.44. The van der Waals surface area contributed by atoms with Crippen LogP contribution in [0.2, 0.25) is 16.6 Å². The number of carbonyl (C=O) groups excluding carboxylic acids is 1. The minimum atomic E-state index is -1.71. The lowest BCUT2D eigenvalue weighted by molar-refractivity contribution is -0.137. The van der Waals surface area contributed by atoms with Crippen molar-refractivity contribution in [2.75, 3.05) is 13.2 Å². The summed E-state index contributed by atoms with van der Waals surface area (Å²) in [5.74, 6) is -0.320. The van der Waals surface area contributed by atoms with Crippen LogP contribution in [-0.4, -0.2) is 27.5 Å². The number of ether oxygens (including phenoxy) is 1. The maximum atomic E-state index is 11.1. The Hall–Kier alpha value is -1.91. The van der Waals surface area contributed by atoms with Gasteiger partial charge in [-0.25, -0.2) is 4.79 Å². The van der Waals surface area contributed by atoms with E-state index >= 15 is 0 Å². The molecule has 0 aliphatic rings. The van der Waals surface area contributed by atoms with Gasteiger partial charge in [0.05, 0.1) is 6.61 Å². The lowest BCUT2D eigenvalue weighted by Gasteiger charge is -2.42. The second-order valence-electron chi connectivity index (χ2n) is 8.74. The molecule has 0 unspecified atom stereocenters. The lowest BCUT2D eigenvalue weighted by atomic mass is 10.2. The Kier molecular flexibility index (Phi) is 17.5. The zero-order chi connectivity index (χ0) is 24.2. The van der Waals surface area contributed by atoms with Crippen LogP contribution in [-0.2, 0) is 14.0 Å². The van der Waals surface area contributed by atoms with Crippen LogP contribution in [0, 0.1) is 0 Å². The third-order valence-corrected chi connectivity index (χ3v) is 11.6. The highest BCUT2D eigenvalue weighted by molar-refractivity contribution is 6.77. The molecule has 0 radical (unpaired) electrons. The monoisotopic (exact) mass is 458 g/mol. The molecule has 180 valence electrons. The summed E-state index contributed by atoms with van der Waals surface area (Å²) < 4.78 is 11.4. The minimum absolute atomic E-state index is 0.320. The molecule has 0 fully saturated rings. The highest BCUT2D eigenvalue weighted by Crippen LogP contribution is 2.42. The van der Waals surface area contributed by atoms with Crippen LogP contribution in [0.25, 0.3) is 0 Å². The molecule has 32 heavy (non-hydrogen) atoms. The average Bonchev–Trinajstić information content (AvgIpc) is 2.72. The van der Waals surface area contributed by atoms with E-state index < -0.39 is 8.32 Å². The first-order valence-corrected chi connectivity index (χ1v) is 14.2. The average molecular weight is 459 g/mol. The van der Waals surface area contributed by atoms with Gasteiger partial charge in [0.15, 0.2) is 8.32 Å². The van der Waals surface area contributed by atoms with Gasteiger partial charge in [0.25, 0.3) is 0 Å². The molecule has 0 amide bonds. The third-order valence-electron chi connectivity index (χ3n) is 5.48. The SMILES string of the molecule is CCOC(=O)/C=C/C=C/C=C/C=C/C=C/C=C/CCCCO[Si](C(C)C)(C(C)C)C(C)C. The fourth-order valence-electron chi connectivity index (χ4n) is 4.13. The summed E-state index contributed by atoms with van der Waals surface area (Å²) in [7, 11) is -1.71. The van der Waals surface area contributed by atoms with Gasteiger partial charge in [0.2, 0.25) is 0 Å². The van der Waals surface area contributed by atoms with E-state index in [1.54, 1.807) is 19.1 Å². The molecular weight excluding hydrogens is 412 g/mol. The highest BCUT2D eigenvalue weighted by atomic mass is 28.4. The van der Waals surface area contributed by atoms with Crippen molar-refractivity contribution in [3.8, 4) is 0 Å². The van der Waals surface area contributed by atoms with Crippen molar-refractivity contribution in [3.63, 3.8) is 0 Å². The van der Waals surface area contributed by atoms with Crippen LogP contribution < -0.4 is 0 Å². The fraction of sp³-hybridized carbons (Fsp3) is 0.536. The second-order valence-corrected chi connectivity index (χ2v) is 14.2. The van der Waals surface area contributed by atoms with E-state index in [0.29, 0.717) is 23.2 Å². The van der Waals surface area contributed by atoms with Crippen LogP contribution in [0.4, 0.5) is 0 Å². The van der Waals surface area contributed by atoms with Crippen molar-refractivity contribution in [1.29, 1.82) is 0 Å². The maximum absolute atomic E-state index is 11.1. The van der Waals surface area contributed by atoms with Crippen LogP contribution >= 0.6 is 0 Å². The molecule has 4 heteroatoms. The molecule has 3 nitrogen and oxygen atoms in total. The molecular formula is C28H46O3Si. The molecule has 0 aromatic heterocycles. The van der Waals surface area contributed by atoms with Gasteiger partial charge in [-0.15, -0.1) is 0 Å². The Morgan fingerprint density at radius 1 is 0.719 bits per heavy atom. The summed E-state index contributed by atoms with van der Waals surface area (Å²) in [6, 6.07) is 0. The van der Waals surface area contributed by atoms with Gasteiger partial charge in [0.1, 0.15) is 0 Å². The number of unbranched alkanes of at least 4 members (excludes halogenated alkanes) is 2. The summed E-state index contributed by atoms with van der Waals surface area (Å²) >= 11 is 0. The topological polar surface area (TPSA) is 35.5 Å². The smallest absolute Gasteiger partial charge is 0.330 e. The van der Waals surface area contributed by atoms with E-state index in [-0.39, 0.29) is 5.97 Å². The maximum Gasteiger partial charge on any atom is 0.330 e. The molecule has 0 N–H and O–H groups in total. The molecule has 0 aliphatic carbocycles. The molecule has 0 rings (SSSR count). The van der Waals surface area contributed by atoms with Crippen molar-refractivity contribution < 1.29 is 14.0 Å². The molecule has 0 aromatic rings. The molecule has 0 aromatic carbocycles. The molecule has 0 bridgehead atoms. The van der Waals surface area contributed by atoms with Gasteiger partial charge in [-0.1, -0.05) is 108 Å². The van der Waals surface area contributed by atoms with Crippen molar-refractivity contribution in [2.24, 2.45) is 0 Å². The standard InChI is InChI=1S/C28H46O3Si/c1-8-30-28(29)23-21-19-17-15-13-11-9-10-12-14-16-18-20-22-24-31-32(25(2)3,26(4)5)27(6)7/h9-17,19,21,23,25-27H,8,18,20,22,24H2,1-7H3/b11-9+,12-10+,15-13+,16-14+,19-17+,23-21+. The van der Waals surface area contributed by atoms with Crippen molar-refractivity contribution in [2.45, 2.75) is 84.4 Å². The first-order chi connectivity index (χ1) is 15.3. The summed E-state index contributed by atoms with van der Waals surface area (Å²) in [6.07, 6.45) is 26.3. The van der Waals surface area contributed by atoms with Crippen molar-refractivity contribution in [1.82, 2.24) is 0 Å². The van der Waals surface area contributed by atoms with Gasteiger partial charge in [-0.2, -0.15) is 0 Å². The number of hydrogen-bond donors (Lipinski definition) is 0. The van der Waals surface area contributed by atoms with Crippen LogP contribution in [0.3, 0.4) is 0 Å². The van der Waals surface area contributed by atoms with Crippen LogP contribution in [0.15, 0.2) is 72.9 Å². The predicted molar refractivity (Wildman–Crippen MR) is 142 cm³/mol. The number of hydrogen-bond acceptors (Lipinski definition) is 3. The molecule has 0 atom stereocenters. The van der Waals surface area contributed by atoms with E-state index in [1.165, 1.54) is 12.5 Å². The Morgan fingerprint density at radius 3 is 1.66 bits per heavy atom. The van der Waals surface area contributed by atoms with Gasteiger partial charge in [-0.05, 0) is 42.8 Å². The second kappa shape index (κ2) is 18.6. The Bertz CT molecular complexity index is 642. The van der Waals surface area contributed by atoms with Crippen molar-refractivity contribution >= 4 is 14.3 Å². The molecule has 0 heterocycles. The van der Waals surface area contributed by atoms with Gasteiger partial charge >= 0.3 is 5.97 Å². The first-order valence-electron chi connectivity index (χ1n) is 12.1. The largest absolute Gasteiger partial charge is 0.463 e. The summed E-state index contributed by atoms with van der Waals surface area (Å²) in [5.41, 5.74) is 1.96. The van der Waals surface area contributed by atoms with Crippen molar-refractivity contribution in [3.05, 3.63) is 72.9 Å². The van der Waals surface area contributed by atoms with E-state index in [4.69, 9.17) is 9.16 Å². The third kappa shape index (κ3) is 12.8. The van der Waals surface area contributed by atoms with Gasteiger partial charge in [-0.3, -0.25) is 0 Å². The Labute approximate surface area is 198 Å². The van der Waals surface area contributed by atoms with Crippen LogP contribution in [0.1, 0.15) is 67.7 Å². The summed E-state index contributed by atoms with van der Waals surface area (Å²) in [6.45, 7) is 17.1. The Balaban J connectivity index is 4.07. The summed E-state index contributed by atoms with van der Waals surface area (Å²) in [4.78, 5) is 11.1. The minimum Gasteiger partial charge on any atom is -0.463 e. The van der Waals surface area contributed by atoms with E-state index in [2.05, 4.69) is 53.7 Å². The normalized spacial score (nSPS) is 13.8. The first kappa shape index (κ1) is 30.1. The zero-order valence-corrected chi connectivity index (χ0v) is 22.4. The van der Waals surface area contributed by atoms with E-state index in [0.717, 1.165) is 19.4 Å². The predicted octanol–water partition coefficient (Wildman–Crippen LogP) is 8.25. The summed E-state index contributed by atoms with van der Waals surface area (Å²) in [5, 5.41) is 0. The molecule has 0 saturated carbocycles. The lowest BCUT2D eigenvalue weighted by Crippen LogP contribution is -2.47. The molecule has 0 spiro atoms. The van der Waals surface area contributed by atoms with E-state index in [9.17, 15) is 4.79 Å². The van der Waals surface area contributed by atoms with Gasteiger partial charge < -0.3 is 9.16 Å². The number of allylic oxidation sites excluding steroid dienone is 11. The van der Waals surface area contributed by atoms with E-state index in [1.807, 2.05) is 42.5 Å². The Morgan fingerprint density at radius 2 is 1.19 bits per heavy atom. The number of carbonyl (C=O) groups is 1. The molecule has 0 aliphatic heterocycles.